The molecule has 0 radical (unpaired) electrons. The van der Waals surface area contributed by atoms with Crippen molar-refractivity contribution in [2.45, 2.75) is 33.7 Å². The van der Waals surface area contributed by atoms with Gasteiger partial charge in [-0.05, 0) is 51.0 Å². The number of benzene rings is 1. The first-order valence-electron chi connectivity index (χ1n) is 7.28. The summed E-state index contributed by atoms with van der Waals surface area (Å²) in [6.45, 7) is 6.56. The zero-order chi connectivity index (χ0) is 17.3. The molecule has 2 rings (SSSR count). The molecule has 7 nitrogen and oxygen atoms in total. The quantitative estimate of drug-likeness (QED) is 0.672. The van der Waals surface area contributed by atoms with Crippen LogP contribution in [0, 0.1) is 13.8 Å². The number of nitrogens with one attached hydrogen (secondary N) is 1. The van der Waals surface area contributed by atoms with Crippen molar-refractivity contribution in [3.8, 4) is 0 Å². The van der Waals surface area contributed by atoms with E-state index in [0.29, 0.717) is 10.6 Å². The maximum absolute atomic E-state index is 12.1. The SMILES string of the molecule is Cc1cc(C)cc(NC(=O)CN2C(=O)C(=O)N(C(C)C)C2=O)c1. The third kappa shape index (κ3) is 3.39. The Morgan fingerprint density at radius 2 is 1.61 bits per heavy atom. The summed E-state index contributed by atoms with van der Waals surface area (Å²) in [5.41, 5.74) is 2.54. The topological polar surface area (TPSA) is 86.8 Å². The third-order valence-electron chi connectivity index (χ3n) is 3.41. The van der Waals surface area contributed by atoms with E-state index in [1.54, 1.807) is 26.0 Å². The number of nitrogens with zero attached hydrogens (tertiary/aromatic N) is 2. The zero-order valence-corrected chi connectivity index (χ0v) is 13.5. The van der Waals surface area contributed by atoms with Gasteiger partial charge >= 0.3 is 17.8 Å². The zero-order valence-electron chi connectivity index (χ0n) is 13.5. The average molecular weight is 317 g/mol. The molecule has 0 aliphatic carbocycles. The van der Waals surface area contributed by atoms with Crippen molar-refractivity contribution in [2.75, 3.05) is 11.9 Å². The van der Waals surface area contributed by atoms with E-state index < -0.39 is 36.3 Å². The molecule has 0 spiro atoms. The number of rotatable bonds is 4. The first kappa shape index (κ1) is 16.7. The van der Waals surface area contributed by atoms with E-state index in [4.69, 9.17) is 0 Å². The second-order valence-electron chi connectivity index (χ2n) is 5.87. The average Bonchev–Trinajstić information content (AvgIpc) is 2.61. The van der Waals surface area contributed by atoms with Crippen molar-refractivity contribution < 1.29 is 19.2 Å². The number of aryl methyl sites for hydroxylation is 2. The molecule has 1 saturated heterocycles. The molecule has 1 aliphatic rings. The van der Waals surface area contributed by atoms with Crippen LogP contribution >= 0.6 is 0 Å². The van der Waals surface area contributed by atoms with Gasteiger partial charge in [-0.3, -0.25) is 19.3 Å². The summed E-state index contributed by atoms with van der Waals surface area (Å²) in [5, 5.41) is 2.64. The van der Waals surface area contributed by atoms with Gasteiger partial charge in [0.25, 0.3) is 0 Å². The highest BCUT2D eigenvalue weighted by Crippen LogP contribution is 2.17. The number of carbonyl (C=O) groups is 4. The van der Waals surface area contributed by atoms with Gasteiger partial charge in [-0.25, -0.2) is 9.69 Å². The van der Waals surface area contributed by atoms with Crippen LogP contribution in [0.25, 0.3) is 0 Å². The van der Waals surface area contributed by atoms with Gasteiger partial charge in [-0.15, -0.1) is 0 Å². The van der Waals surface area contributed by atoms with E-state index in [2.05, 4.69) is 5.32 Å². The van der Waals surface area contributed by atoms with Crippen molar-refractivity contribution in [3.63, 3.8) is 0 Å². The fourth-order valence-electron chi connectivity index (χ4n) is 2.51. The van der Waals surface area contributed by atoms with Crippen LogP contribution in [-0.4, -0.2) is 46.1 Å². The van der Waals surface area contributed by atoms with Crippen molar-refractivity contribution in [1.29, 1.82) is 0 Å². The number of urea groups is 1. The van der Waals surface area contributed by atoms with Gasteiger partial charge in [0, 0.05) is 11.7 Å². The summed E-state index contributed by atoms with van der Waals surface area (Å²) < 4.78 is 0. The monoisotopic (exact) mass is 317 g/mol. The van der Waals surface area contributed by atoms with Crippen molar-refractivity contribution in [3.05, 3.63) is 29.3 Å². The largest absolute Gasteiger partial charge is 0.334 e. The first-order valence-corrected chi connectivity index (χ1v) is 7.28. The molecule has 5 amide bonds. The Morgan fingerprint density at radius 3 is 2.09 bits per heavy atom. The van der Waals surface area contributed by atoms with E-state index in [-0.39, 0.29) is 0 Å². The van der Waals surface area contributed by atoms with Crippen LogP contribution in [0.3, 0.4) is 0 Å². The Labute approximate surface area is 134 Å². The van der Waals surface area contributed by atoms with E-state index in [1.807, 2.05) is 19.9 Å². The molecule has 0 bridgehead atoms. The van der Waals surface area contributed by atoms with E-state index >= 15 is 0 Å². The van der Waals surface area contributed by atoms with Crippen LogP contribution in [-0.2, 0) is 14.4 Å². The highest BCUT2D eigenvalue weighted by molar-refractivity contribution is 6.45. The number of hydrogen-bond acceptors (Lipinski definition) is 4. The van der Waals surface area contributed by atoms with Crippen molar-refractivity contribution in [2.24, 2.45) is 0 Å². The minimum atomic E-state index is -0.973. The maximum Gasteiger partial charge on any atom is 0.334 e. The molecule has 1 heterocycles. The smallest absolute Gasteiger partial charge is 0.325 e. The maximum atomic E-state index is 12.1. The molecule has 1 aromatic rings. The summed E-state index contributed by atoms with van der Waals surface area (Å²) in [6.07, 6.45) is 0. The van der Waals surface area contributed by atoms with Crippen LogP contribution in [0.1, 0.15) is 25.0 Å². The lowest BCUT2D eigenvalue weighted by Gasteiger charge is -2.18. The Kier molecular flexibility index (Phi) is 4.49. The Bertz CT molecular complexity index is 676. The predicted octanol–water partition coefficient (Wildman–Crippen LogP) is 1.44. The summed E-state index contributed by atoms with van der Waals surface area (Å²) in [5.74, 6) is -2.40. The van der Waals surface area contributed by atoms with Crippen LogP contribution in [0.4, 0.5) is 10.5 Å². The molecule has 0 unspecified atom stereocenters. The number of carbonyl (C=O) groups excluding carboxylic acids is 4. The highest BCUT2D eigenvalue weighted by atomic mass is 16.2. The minimum Gasteiger partial charge on any atom is -0.325 e. The fourth-order valence-corrected chi connectivity index (χ4v) is 2.51. The molecule has 23 heavy (non-hydrogen) atoms. The van der Waals surface area contributed by atoms with Crippen LogP contribution < -0.4 is 5.32 Å². The second kappa shape index (κ2) is 6.20. The van der Waals surface area contributed by atoms with Crippen molar-refractivity contribution in [1.82, 2.24) is 9.80 Å². The molecular formula is C16H19N3O4. The number of hydrogen-bond donors (Lipinski definition) is 1. The highest BCUT2D eigenvalue weighted by Gasteiger charge is 2.46. The van der Waals surface area contributed by atoms with Gasteiger partial charge in [0.15, 0.2) is 0 Å². The molecule has 0 aromatic heterocycles. The first-order chi connectivity index (χ1) is 10.7. The van der Waals surface area contributed by atoms with E-state index in [1.165, 1.54) is 0 Å². The minimum absolute atomic E-state index is 0.438. The molecule has 0 atom stereocenters. The van der Waals surface area contributed by atoms with Gasteiger partial charge in [-0.2, -0.15) is 0 Å². The van der Waals surface area contributed by atoms with Crippen LogP contribution in [0.5, 0.6) is 0 Å². The molecule has 1 N–H and O–H groups in total. The number of imide groups is 2. The lowest BCUT2D eigenvalue weighted by molar-refractivity contribution is -0.144. The van der Waals surface area contributed by atoms with Gasteiger partial charge in [-0.1, -0.05) is 6.07 Å². The predicted molar refractivity (Wildman–Crippen MR) is 83.6 cm³/mol. The molecule has 122 valence electrons. The van der Waals surface area contributed by atoms with E-state index in [9.17, 15) is 19.2 Å². The number of anilines is 1. The fraction of sp³-hybridized carbons (Fsp3) is 0.375. The number of amides is 5. The Hall–Kier alpha value is -2.70. The molecular weight excluding hydrogens is 298 g/mol. The van der Waals surface area contributed by atoms with E-state index in [0.717, 1.165) is 16.0 Å². The van der Waals surface area contributed by atoms with Gasteiger partial charge in [0.05, 0.1) is 0 Å². The Morgan fingerprint density at radius 1 is 1.04 bits per heavy atom. The lowest BCUT2D eigenvalue weighted by atomic mass is 10.1. The molecule has 1 fully saturated rings. The normalized spacial score (nSPS) is 14.9. The summed E-state index contributed by atoms with van der Waals surface area (Å²) in [4.78, 5) is 49.3. The molecule has 7 heteroatoms. The molecule has 1 aromatic carbocycles. The van der Waals surface area contributed by atoms with Crippen molar-refractivity contribution >= 4 is 29.4 Å². The van der Waals surface area contributed by atoms with Crippen LogP contribution in [0.2, 0.25) is 0 Å². The summed E-state index contributed by atoms with van der Waals surface area (Å²) >= 11 is 0. The van der Waals surface area contributed by atoms with Gasteiger partial charge in [0.1, 0.15) is 6.54 Å². The standard InChI is InChI=1S/C16H19N3O4/c1-9(2)19-15(22)14(21)18(16(19)23)8-13(20)17-12-6-10(3)5-11(4)7-12/h5-7,9H,8H2,1-4H3,(H,17,20). The summed E-state index contributed by atoms with van der Waals surface area (Å²) in [6, 6.07) is 4.33. The van der Waals surface area contributed by atoms with Gasteiger partial charge < -0.3 is 5.32 Å². The Balaban J connectivity index is 2.09. The molecule has 1 aliphatic heterocycles. The summed E-state index contributed by atoms with van der Waals surface area (Å²) in [7, 11) is 0. The molecule has 0 saturated carbocycles. The van der Waals surface area contributed by atoms with Gasteiger partial charge in [0.2, 0.25) is 5.91 Å². The lowest BCUT2D eigenvalue weighted by Crippen LogP contribution is -2.40. The third-order valence-corrected chi connectivity index (χ3v) is 3.41. The van der Waals surface area contributed by atoms with Crippen LogP contribution in [0.15, 0.2) is 18.2 Å². The second-order valence-corrected chi connectivity index (χ2v) is 5.87.